The molecule has 0 rings (SSSR count). The van der Waals surface area contributed by atoms with E-state index in [0.29, 0.717) is 0 Å². The molecule has 0 saturated carbocycles. The number of rotatable bonds is 0. The van der Waals surface area contributed by atoms with E-state index in [9.17, 15) is 0 Å². The van der Waals surface area contributed by atoms with Gasteiger partial charge in [-0.1, -0.05) is 0 Å². The molecular formula is C4H6Cl2N2Pt. The molecule has 0 saturated heterocycles. The summed E-state index contributed by atoms with van der Waals surface area (Å²) in [7, 11) is 9.75. The van der Waals surface area contributed by atoms with Gasteiger partial charge in [-0.25, -0.2) is 0 Å². The van der Waals surface area contributed by atoms with Gasteiger partial charge in [0.15, 0.2) is 0 Å². The third-order valence-corrected chi connectivity index (χ3v) is 0. The zero-order chi connectivity index (χ0) is 8.12. The van der Waals surface area contributed by atoms with E-state index in [2.05, 4.69) is 0 Å². The molecule has 0 aliphatic carbocycles. The van der Waals surface area contributed by atoms with Crippen molar-refractivity contribution in [1.29, 1.82) is 10.5 Å². The summed E-state index contributed by atoms with van der Waals surface area (Å²) in [5, 5.41) is 14.6. The molecular weight excluding hydrogens is 342 g/mol. The van der Waals surface area contributed by atoms with Gasteiger partial charge in [0, 0.05) is 13.8 Å². The third kappa shape index (κ3) is 5220. The predicted octanol–water partition coefficient (Wildman–Crippen LogP) is 2.44. The minimum absolute atomic E-state index is 0.472. The minimum atomic E-state index is -0.472. The van der Waals surface area contributed by atoms with E-state index < -0.39 is 16.5 Å². The Kier molecular flexibility index (Phi) is 73.5. The van der Waals surface area contributed by atoms with Crippen LogP contribution in [0.2, 0.25) is 0 Å². The second-order valence-corrected chi connectivity index (χ2v) is 3.78. The second-order valence-electron chi connectivity index (χ2n) is 0.492. The van der Waals surface area contributed by atoms with Gasteiger partial charge in [0.05, 0.1) is 12.1 Å². The van der Waals surface area contributed by atoms with Crippen molar-refractivity contribution in [2.75, 3.05) is 0 Å². The number of nitrogens with zero attached hydrogens (tertiary/aromatic N) is 2. The van der Waals surface area contributed by atoms with Gasteiger partial charge in [-0.3, -0.25) is 0 Å². The van der Waals surface area contributed by atoms with Crippen LogP contribution in [-0.4, -0.2) is 0 Å². The van der Waals surface area contributed by atoms with Crippen molar-refractivity contribution in [2.45, 2.75) is 13.8 Å². The van der Waals surface area contributed by atoms with Gasteiger partial charge in [0.1, 0.15) is 0 Å². The third-order valence-electron chi connectivity index (χ3n) is 0. The van der Waals surface area contributed by atoms with E-state index >= 15 is 0 Å². The molecule has 0 fully saturated rings. The molecule has 0 atom stereocenters. The summed E-state index contributed by atoms with van der Waals surface area (Å²) in [5.74, 6) is 0. The van der Waals surface area contributed by atoms with Crippen molar-refractivity contribution in [3.8, 4) is 12.1 Å². The molecule has 0 aromatic carbocycles. The van der Waals surface area contributed by atoms with E-state index in [-0.39, 0.29) is 0 Å². The summed E-state index contributed by atoms with van der Waals surface area (Å²) in [6, 6.07) is 3.50. The first-order valence-electron chi connectivity index (χ1n) is 1.69. The van der Waals surface area contributed by atoms with Crippen LogP contribution in [0.1, 0.15) is 13.8 Å². The van der Waals surface area contributed by atoms with Gasteiger partial charge < -0.3 is 0 Å². The van der Waals surface area contributed by atoms with E-state index in [1.54, 1.807) is 12.1 Å². The molecule has 0 N–H and O–H groups in total. The van der Waals surface area contributed by atoms with Crippen LogP contribution >= 0.6 is 18.8 Å². The average Bonchev–Trinajstić information content (AvgIpc) is 1.70. The van der Waals surface area contributed by atoms with Crippen LogP contribution in [0.25, 0.3) is 0 Å². The van der Waals surface area contributed by atoms with E-state index in [0.717, 1.165) is 0 Å². The van der Waals surface area contributed by atoms with Crippen LogP contribution in [0.5, 0.6) is 0 Å². The van der Waals surface area contributed by atoms with Crippen molar-refractivity contribution in [1.82, 2.24) is 0 Å². The van der Waals surface area contributed by atoms with E-state index in [1.165, 1.54) is 13.8 Å². The molecule has 0 aliphatic rings. The zero-order valence-corrected chi connectivity index (χ0v) is 8.75. The summed E-state index contributed by atoms with van der Waals surface area (Å²) < 4.78 is 0. The Bertz CT molecular complexity index is 81.7. The maximum absolute atomic E-state index is 7.32. The molecule has 0 radical (unpaired) electrons. The molecule has 0 aromatic heterocycles. The van der Waals surface area contributed by atoms with Gasteiger partial charge in [-0.05, 0) is 0 Å². The van der Waals surface area contributed by atoms with Gasteiger partial charge in [0.25, 0.3) is 0 Å². The number of halogens is 2. The first-order valence-corrected chi connectivity index (χ1v) is 7.32. The van der Waals surface area contributed by atoms with Gasteiger partial charge in [-0.15, -0.1) is 0 Å². The molecule has 56 valence electrons. The Morgan fingerprint density at radius 1 is 1.11 bits per heavy atom. The van der Waals surface area contributed by atoms with Crippen LogP contribution in [0.15, 0.2) is 0 Å². The first kappa shape index (κ1) is 16.1. The molecule has 0 unspecified atom stereocenters. The molecule has 2 nitrogen and oxygen atoms in total. The Balaban J connectivity index is -0.0000000600. The quantitative estimate of drug-likeness (QED) is 0.675. The van der Waals surface area contributed by atoms with Gasteiger partial charge in [0.2, 0.25) is 0 Å². The van der Waals surface area contributed by atoms with Gasteiger partial charge >= 0.3 is 35.3 Å². The number of nitriles is 2. The van der Waals surface area contributed by atoms with Crippen molar-refractivity contribution in [3.63, 3.8) is 0 Å². The molecule has 0 aliphatic heterocycles. The Hall–Kier alpha value is 0.248. The van der Waals surface area contributed by atoms with Crippen LogP contribution in [0.3, 0.4) is 0 Å². The maximum atomic E-state index is 7.32. The molecule has 0 aromatic rings. The van der Waals surface area contributed by atoms with Crippen molar-refractivity contribution >= 4 is 18.8 Å². The Labute approximate surface area is 71.8 Å². The monoisotopic (exact) mass is 347 g/mol. The summed E-state index contributed by atoms with van der Waals surface area (Å²) in [6.07, 6.45) is 0. The summed E-state index contributed by atoms with van der Waals surface area (Å²) in [5.41, 5.74) is 0. The summed E-state index contributed by atoms with van der Waals surface area (Å²) in [6.45, 7) is 2.86. The van der Waals surface area contributed by atoms with Crippen LogP contribution in [0.4, 0.5) is 0 Å². The molecule has 0 spiro atoms. The number of hydrogen-bond acceptors (Lipinski definition) is 2. The molecule has 9 heavy (non-hydrogen) atoms. The predicted molar refractivity (Wildman–Crippen MR) is 34.3 cm³/mol. The topological polar surface area (TPSA) is 47.6 Å². The van der Waals surface area contributed by atoms with E-state index in [4.69, 9.17) is 29.4 Å². The molecule has 5 heteroatoms. The fourth-order valence-corrected chi connectivity index (χ4v) is 0. The van der Waals surface area contributed by atoms with Crippen molar-refractivity contribution in [2.24, 2.45) is 0 Å². The molecule has 0 amide bonds. The SMILES string of the molecule is CC#N.CC#N.[Cl][Pt][Cl]. The Morgan fingerprint density at radius 2 is 1.11 bits per heavy atom. The standard InChI is InChI=1S/2C2H3N.2ClH.Pt/c2*1-2-3;;;/h2*1H3;2*1H;/q;;;;+2/p-2. The molecule has 0 heterocycles. The fraction of sp³-hybridized carbons (Fsp3) is 0.500. The van der Waals surface area contributed by atoms with Crippen molar-refractivity contribution < 1.29 is 16.5 Å². The fourth-order valence-electron chi connectivity index (χ4n) is 0. The summed E-state index contributed by atoms with van der Waals surface area (Å²) in [4.78, 5) is 0. The second kappa shape index (κ2) is 41.1. The first-order chi connectivity index (χ1) is 4.24. The van der Waals surface area contributed by atoms with Crippen LogP contribution in [0, 0.1) is 22.7 Å². The summed E-state index contributed by atoms with van der Waals surface area (Å²) >= 11 is -0.472. The van der Waals surface area contributed by atoms with Gasteiger partial charge in [-0.2, -0.15) is 10.5 Å². The average molecular weight is 348 g/mol. The van der Waals surface area contributed by atoms with E-state index in [1.807, 2.05) is 0 Å². The number of hydrogen-bond donors (Lipinski definition) is 0. The van der Waals surface area contributed by atoms with Crippen LogP contribution < -0.4 is 0 Å². The van der Waals surface area contributed by atoms with Crippen molar-refractivity contribution in [3.05, 3.63) is 0 Å². The van der Waals surface area contributed by atoms with Crippen LogP contribution in [-0.2, 0) is 16.5 Å². The Morgan fingerprint density at radius 3 is 1.11 bits per heavy atom. The zero-order valence-electron chi connectivity index (χ0n) is 4.97. The molecule has 0 bridgehead atoms. The normalized spacial score (nSPS) is 4.22.